The average molecular weight is 493 g/mol. The van der Waals surface area contributed by atoms with Crippen LogP contribution in [0, 0.1) is 0 Å². The summed E-state index contributed by atoms with van der Waals surface area (Å²) in [6, 6.07) is 8.85. The molecule has 2 N–H and O–H groups in total. The number of hydrogen-bond donors (Lipinski definition) is 2. The highest BCUT2D eigenvalue weighted by Crippen LogP contribution is 2.43. The molecule has 192 valence electrons. The molecular weight excluding hydrogens is 456 g/mol. The van der Waals surface area contributed by atoms with Crippen LogP contribution in [-0.2, 0) is 16.2 Å². The van der Waals surface area contributed by atoms with Crippen molar-refractivity contribution in [2.45, 2.75) is 83.8 Å². The Labute approximate surface area is 212 Å². The molecule has 1 aliphatic heterocycles. The first kappa shape index (κ1) is 25.8. The number of anilines is 2. The number of nitrogens with one attached hydrogen (secondary N) is 1. The van der Waals surface area contributed by atoms with Crippen molar-refractivity contribution in [2.24, 2.45) is 0 Å². The van der Waals surface area contributed by atoms with Gasteiger partial charge >= 0.3 is 6.03 Å². The molecule has 2 aliphatic rings. The van der Waals surface area contributed by atoms with Crippen molar-refractivity contribution in [2.75, 3.05) is 16.8 Å². The SMILES string of the molecule is CC(C)c1cccc(C(C)C)c1NC(=O)CN1C(=O)N(c2ccc(CO)nc2)C2(CCCCC2)C1=O. The fourth-order valence-electron chi connectivity index (χ4n) is 5.47. The summed E-state index contributed by atoms with van der Waals surface area (Å²) in [6.45, 7) is 7.74. The van der Waals surface area contributed by atoms with E-state index < -0.39 is 17.5 Å². The van der Waals surface area contributed by atoms with E-state index in [2.05, 4.69) is 38.0 Å². The van der Waals surface area contributed by atoms with Crippen molar-refractivity contribution in [3.8, 4) is 0 Å². The van der Waals surface area contributed by atoms with E-state index in [1.54, 1.807) is 12.1 Å². The van der Waals surface area contributed by atoms with Crippen molar-refractivity contribution in [1.29, 1.82) is 0 Å². The summed E-state index contributed by atoms with van der Waals surface area (Å²) in [5, 5.41) is 12.4. The maximum atomic E-state index is 13.8. The Kier molecular flexibility index (Phi) is 7.45. The maximum Gasteiger partial charge on any atom is 0.332 e. The molecule has 4 rings (SSSR count). The fraction of sp³-hybridized carbons (Fsp3) is 0.500. The van der Waals surface area contributed by atoms with Crippen molar-refractivity contribution < 1.29 is 19.5 Å². The summed E-state index contributed by atoms with van der Waals surface area (Å²) in [4.78, 5) is 47.5. The van der Waals surface area contributed by atoms with Gasteiger partial charge in [-0.2, -0.15) is 0 Å². The zero-order chi connectivity index (χ0) is 26.0. The molecule has 1 saturated carbocycles. The molecule has 4 amide bonds. The van der Waals surface area contributed by atoms with Gasteiger partial charge in [0, 0.05) is 5.69 Å². The van der Waals surface area contributed by atoms with Gasteiger partial charge in [0.1, 0.15) is 12.1 Å². The molecule has 1 aromatic heterocycles. The normalized spacial score (nSPS) is 17.5. The first-order valence-electron chi connectivity index (χ1n) is 12.8. The van der Waals surface area contributed by atoms with E-state index in [9.17, 15) is 19.5 Å². The summed E-state index contributed by atoms with van der Waals surface area (Å²) < 4.78 is 0. The van der Waals surface area contributed by atoms with Gasteiger partial charge in [-0.25, -0.2) is 4.79 Å². The summed E-state index contributed by atoms with van der Waals surface area (Å²) in [6.07, 6.45) is 5.28. The van der Waals surface area contributed by atoms with Crippen molar-refractivity contribution in [1.82, 2.24) is 9.88 Å². The number of carbonyl (C=O) groups excluding carboxylic acids is 3. The Bertz CT molecular complexity index is 1110. The van der Waals surface area contributed by atoms with Crippen LogP contribution in [0.15, 0.2) is 36.5 Å². The molecule has 1 aliphatic carbocycles. The van der Waals surface area contributed by atoms with Gasteiger partial charge in [0.05, 0.1) is 24.2 Å². The summed E-state index contributed by atoms with van der Waals surface area (Å²) >= 11 is 0. The Balaban J connectivity index is 1.64. The molecule has 0 radical (unpaired) electrons. The molecule has 0 atom stereocenters. The lowest BCUT2D eigenvalue weighted by Crippen LogP contribution is -2.51. The minimum atomic E-state index is -1.00. The Morgan fingerprint density at radius 2 is 1.67 bits per heavy atom. The van der Waals surface area contributed by atoms with Gasteiger partial charge in [-0.05, 0) is 47.9 Å². The van der Waals surface area contributed by atoms with E-state index in [4.69, 9.17) is 0 Å². The second-order valence-electron chi connectivity index (χ2n) is 10.4. The number of rotatable bonds is 7. The van der Waals surface area contributed by atoms with E-state index in [0.717, 1.165) is 41.0 Å². The molecular formula is C28H36N4O4. The Morgan fingerprint density at radius 3 is 2.19 bits per heavy atom. The molecule has 0 unspecified atom stereocenters. The van der Waals surface area contributed by atoms with Gasteiger partial charge in [0.2, 0.25) is 5.91 Å². The van der Waals surface area contributed by atoms with Crippen LogP contribution in [0.5, 0.6) is 0 Å². The highest BCUT2D eigenvalue weighted by Gasteiger charge is 2.58. The van der Waals surface area contributed by atoms with Crippen molar-refractivity contribution in [3.05, 3.63) is 53.3 Å². The number of nitrogens with zero attached hydrogens (tertiary/aromatic N) is 3. The van der Waals surface area contributed by atoms with Crippen LogP contribution < -0.4 is 10.2 Å². The second-order valence-corrected chi connectivity index (χ2v) is 10.4. The third-order valence-electron chi connectivity index (χ3n) is 7.34. The number of pyridine rings is 1. The van der Waals surface area contributed by atoms with Gasteiger partial charge in [-0.1, -0.05) is 65.2 Å². The summed E-state index contributed by atoms with van der Waals surface area (Å²) in [5.41, 5.74) is 2.79. The van der Waals surface area contributed by atoms with Crippen LogP contribution in [-0.4, -0.2) is 44.9 Å². The fourth-order valence-corrected chi connectivity index (χ4v) is 5.47. The first-order valence-corrected chi connectivity index (χ1v) is 12.8. The molecule has 8 heteroatoms. The molecule has 0 bridgehead atoms. The topological polar surface area (TPSA) is 103 Å². The molecule has 36 heavy (non-hydrogen) atoms. The van der Waals surface area contributed by atoms with Crippen LogP contribution >= 0.6 is 0 Å². The van der Waals surface area contributed by atoms with E-state index in [1.807, 2.05) is 18.2 Å². The van der Waals surface area contributed by atoms with Crippen LogP contribution in [0.25, 0.3) is 0 Å². The standard InChI is InChI=1S/C28H36N4O4/c1-18(2)22-9-8-10-23(19(3)4)25(22)30-24(34)16-31-26(35)28(13-6-5-7-14-28)32(27(31)36)21-12-11-20(17-33)29-15-21/h8-12,15,18-19,33H,5-7,13-14,16-17H2,1-4H3,(H,30,34). The number of para-hydroxylation sites is 1. The van der Waals surface area contributed by atoms with Crippen LogP contribution in [0.2, 0.25) is 0 Å². The monoisotopic (exact) mass is 492 g/mol. The second kappa shape index (κ2) is 10.4. The van der Waals surface area contributed by atoms with Crippen LogP contribution in [0.3, 0.4) is 0 Å². The molecule has 1 saturated heterocycles. The van der Waals surface area contributed by atoms with E-state index >= 15 is 0 Å². The lowest BCUT2D eigenvalue weighted by molar-refractivity contribution is -0.134. The molecule has 1 spiro atoms. The third kappa shape index (κ3) is 4.62. The highest BCUT2D eigenvalue weighted by atomic mass is 16.3. The predicted molar refractivity (Wildman–Crippen MR) is 139 cm³/mol. The molecule has 8 nitrogen and oxygen atoms in total. The summed E-state index contributed by atoms with van der Waals surface area (Å²) in [7, 11) is 0. The molecule has 2 heterocycles. The number of imide groups is 1. The number of aliphatic hydroxyl groups excluding tert-OH is 1. The predicted octanol–water partition coefficient (Wildman–Crippen LogP) is 4.93. The highest BCUT2D eigenvalue weighted by molar-refractivity contribution is 6.18. The number of carbonyl (C=O) groups is 3. The Morgan fingerprint density at radius 1 is 1.03 bits per heavy atom. The number of amides is 4. The minimum Gasteiger partial charge on any atom is -0.390 e. The van der Waals surface area contributed by atoms with Gasteiger partial charge in [0.25, 0.3) is 5.91 Å². The number of urea groups is 1. The van der Waals surface area contributed by atoms with Gasteiger partial charge < -0.3 is 10.4 Å². The zero-order valence-electron chi connectivity index (χ0n) is 21.6. The first-order chi connectivity index (χ1) is 17.2. The maximum absolute atomic E-state index is 13.8. The average Bonchev–Trinajstić information content (AvgIpc) is 3.05. The molecule has 2 fully saturated rings. The molecule has 1 aromatic carbocycles. The zero-order valence-corrected chi connectivity index (χ0v) is 21.6. The minimum absolute atomic E-state index is 0.199. The third-order valence-corrected chi connectivity index (χ3v) is 7.34. The number of aliphatic hydroxyl groups is 1. The van der Waals surface area contributed by atoms with E-state index in [1.165, 1.54) is 11.1 Å². The number of benzene rings is 1. The van der Waals surface area contributed by atoms with Crippen molar-refractivity contribution in [3.63, 3.8) is 0 Å². The number of hydrogen-bond acceptors (Lipinski definition) is 5. The van der Waals surface area contributed by atoms with Gasteiger partial charge in [-0.3, -0.25) is 24.4 Å². The van der Waals surface area contributed by atoms with Gasteiger partial charge in [0.15, 0.2) is 0 Å². The lowest BCUT2D eigenvalue weighted by Gasteiger charge is -2.38. The van der Waals surface area contributed by atoms with Crippen LogP contribution in [0.4, 0.5) is 16.2 Å². The Hall–Kier alpha value is -3.26. The summed E-state index contributed by atoms with van der Waals surface area (Å²) in [5.74, 6) is -0.322. The smallest absolute Gasteiger partial charge is 0.332 e. The number of aromatic nitrogens is 1. The lowest BCUT2D eigenvalue weighted by atomic mass is 9.80. The quantitative estimate of drug-likeness (QED) is 0.534. The van der Waals surface area contributed by atoms with Crippen LogP contribution in [0.1, 0.15) is 88.5 Å². The van der Waals surface area contributed by atoms with Gasteiger partial charge in [-0.15, -0.1) is 0 Å². The van der Waals surface area contributed by atoms with Crippen molar-refractivity contribution >= 4 is 29.2 Å². The largest absolute Gasteiger partial charge is 0.390 e. The van der Waals surface area contributed by atoms with E-state index in [0.29, 0.717) is 24.2 Å². The van der Waals surface area contributed by atoms with E-state index in [-0.39, 0.29) is 30.9 Å². The molecule has 2 aromatic rings.